The molecule has 1 amide bonds. The Hall–Kier alpha value is -2.88. The minimum absolute atomic E-state index is 0.119. The van der Waals surface area contributed by atoms with Gasteiger partial charge < -0.3 is 9.32 Å². The number of carbonyl (C=O) groups is 1. The van der Waals surface area contributed by atoms with Crippen molar-refractivity contribution in [3.63, 3.8) is 0 Å². The smallest absolute Gasteiger partial charge is 0.222 e. The summed E-state index contributed by atoms with van der Waals surface area (Å²) < 4.78 is 5.85. The number of hydrogen-bond donors (Lipinski definition) is 0. The average molecular weight is 334 g/mol. The first-order valence-electron chi connectivity index (χ1n) is 8.50. The van der Waals surface area contributed by atoms with E-state index in [1.807, 2.05) is 67.7 Å². The molecular formula is C21H22N2O2. The van der Waals surface area contributed by atoms with Crippen LogP contribution in [0.5, 0.6) is 0 Å². The Balaban J connectivity index is 1.48. The molecule has 3 aromatic rings. The van der Waals surface area contributed by atoms with Crippen LogP contribution in [0, 0.1) is 0 Å². The lowest BCUT2D eigenvalue weighted by Crippen LogP contribution is -2.29. The minimum atomic E-state index is 0.119. The molecule has 0 aliphatic heterocycles. The number of rotatable bonds is 7. The van der Waals surface area contributed by atoms with Gasteiger partial charge in [-0.25, -0.2) is 0 Å². The van der Waals surface area contributed by atoms with Crippen molar-refractivity contribution in [3.8, 4) is 11.3 Å². The normalized spacial score (nSPS) is 10.6. The summed E-state index contributed by atoms with van der Waals surface area (Å²) in [6.45, 7) is 0.670. The molecule has 0 fully saturated rings. The van der Waals surface area contributed by atoms with Gasteiger partial charge in [0.05, 0.1) is 0 Å². The Morgan fingerprint density at radius 3 is 2.56 bits per heavy atom. The standard InChI is InChI=1S/C21H22N2O2/c1-23(16-14-18-9-5-6-15-22-18)21(24)13-11-19-10-12-20(25-19)17-7-3-2-4-8-17/h2-10,12,15H,11,13-14,16H2,1H3. The van der Waals surface area contributed by atoms with Crippen LogP contribution in [-0.2, 0) is 17.6 Å². The maximum absolute atomic E-state index is 12.3. The summed E-state index contributed by atoms with van der Waals surface area (Å²) in [4.78, 5) is 18.3. The Kier molecular flexibility index (Phi) is 5.62. The Morgan fingerprint density at radius 2 is 1.80 bits per heavy atom. The number of likely N-dealkylation sites (N-methyl/N-ethyl adjacent to an activating group) is 1. The van der Waals surface area contributed by atoms with E-state index in [1.54, 1.807) is 11.1 Å². The number of benzene rings is 1. The average Bonchev–Trinajstić information content (AvgIpc) is 3.15. The molecule has 2 heterocycles. The van der Waals surface area contributed by atoms with Crippen LogP contribution in [-0.4, -0.2) is 29.4 Å². The quantitative estimate of drug-likeness (QED) is 0.657. The summed E-state index contributed by atoms with van der Waals surface area (Å²) in [6, 6.07) is 19.7. The van der Waals surface area contributed by atoms with Crippen LogP contribution < -0.4 is 0 Å². The van der Waals surface area contributed by atoms with Gasteiger partial charge >= 0.3 is 0 Å². The maximum Gasteiger partial charge on any atom is 0.222 e. The number of aryl methyl sites for hydroxylation is 1. The first-order valence-corrected chi connectivity index (χ1v) is 8.50. The van der Waals surface area contributed by atoms with E-state index in [1.165, 1.54) is 0 Å². The van der Waals surface area contributed by atoms with Gasteiger partial charge in [-0.1, -0.05) is 36.4 Å². The molecule has 4 nitrogen and oxygen atoms in total. The molecule has 0 bridgehead atoms. The summed E-state index contributed by atoms with van der Waals surface area (Å²) in [6.07, 6.45) is 3.60. The Bertz CT molecular complexity index is 797. The number of carbonyl (C=O) groups excluding carboxylic acids is 1. The highest BCUT2D eigenvalue weighted by molar-refractivity contribution is 5.76. The third-order valence-corrected chi connectivity index (χ3v) is 4.16. The van der Waals surface area contributed by atoms with E-state index in [-0.39, 0.29) is 5.91 Å². The van der Waals surface area contributed by atoms with Crippen molar-refractivity contribution >= 4 is 5.91 Å². The summed E-state index contributed by atoms with van der Waals surface area (Å²) in [5.41, 5.74) is 2.05. The third-order valence-electron chi connectivity index (χ3n) is 4.16. The van der Waals surface area contributed by atoms with Gasteiger partial charge in [-0.3, -0.25) is 9.78 Å². The lowest BCUT2D eigenvalue weighted by molar-refractivity contribution is -0.129. The van der Waals surface area contributed by atoms with Crippen LogP contribution in [0.25, 0.3) is 11.3 Å². The SMILES string of the molecule is CN(CCc1ccccn1)C(=O)CCc1ccc(-c2ccccc2)o1. The molecule has 0 spiro atoms. The highest BCUT2D eigenvalue weighted by atomic mass is 16.3. The number of furan rings is 1. The van der Waals surface area contributed by atoms with Crippen LogP contribution in [0.2, 0.25) is 0 Å². The molecule has 3 rings (SSSR count). The molecule has 0 saturated heterocycles. The van der Waals surface area contributed by atoms with Crippen molar-refractivity contribution in [2.45, 2.75) is 19.3 Å². The molecule has 0 saturated carbocycles. The van der Waals surface area contributed by atoms with Gasteiger partial charge in [-0.2, -0.15) is 0 Å². The lowest BCUT2D eigenvalue weighted by atomic mass is 10.2. The molecule has 2 aromatic heterocycles. The molecule has 0 atom stereocenters. The zero-order chi connectivity index (χ0) is 17.5. The summed E-state index contributed by atoms with van der Waals surface area (Å²) >= 11 is 0. The van der Waals surface area contributed by atoms with Crippen molar-refractivity contribution in [3.05, 3.63) is 78.3 Å². The summed E-state index contributed by atoms with van der Waals surface area (Å²) in [7, 11) is 1.84. The maximum atomic E-state index is 12.3. The van der Waals surface area contributed by atoms with Gasteiger partial charge in [0.1, 0.15) is 11.5 Å². The van der Waals surface area contributed by atoms with Crippen LogP contribution in [0.15, 0.2) is 71.3 Å². The zero-order valence-electron chi connectivity index (χ0n) is 14.4. The Labute approximate surface area is 148 Å². The molecule has 25 heavy (non-hydrogen) atoms. The molecule has 128 valence electrons. The van der Waals surface area contributed by atoms with Crippen LogP contribution >= 0.6 is 0 Å². The van der Waals surface area contributed by atoms with Crippen molar-refractivity contribution in [2.24, 2.45) is 0 Å². The van der Waals surface area contributed by atoms with Gasteiger partial charge in [0.25, 0.3) is 0 Å². The van der Waals surface area contributed by atoms with E-state index in [2.05, 4.69) is 4.98 Å². The van der Waals surface area contributed by atoms with E-state index in [9.17, 15) is 4.79 Å². The van der Waals surface area contributed by atoms with Crippen molar-refractivity contribution in [1.29, 1.82) is 0 Å². The van der Waals surface area contributed by atoms with E-state index < -0.39 is 0 Å². The second-order valence-corrected chi connectivity index (χ2v) is 6.02. The zero-order valence-corrected chi connectivity index (χ0v) is 14.4. The number of pyridine rings is 1. The summed E-state index contributed by atoms with van der Waals surface area (Å²) in [5.74, 6) is 1.80. The number of amides is 1. The van der Waals surface area contributed by atoms with Crippen molar-refractivity contribution < 1.29 is 9.21 Å². The first-order chi connectivity index (χ1) is 12.2. The van der Waals surface area contributed by atoms with E-state index in [0.717, 1.165) is 29.2 Å². The van der Waals surface area contributed by atoms with Gasteiger partial charge in [0, 0.05) is 50.3 Å². The molecule has 1 aromatic carbocycles. The topological polar surface area (TPSA) is 46.3 Å². The largest absolute Gasteiger partial charge is 0.461 e. The fourth-order valence-corrected chi connectivity index (χ4v) is 2.64. The predicted octanol–water partition coefficient (Wildman–Crippen LogP) is 3.98. The van der Waals surface area contributed by atoms with Crippen molar-refractivity contribution in [2.75, 3.05) is 13.6 Å². The first kappa shape index (κ1) is 17.0. The fourth-order valence-electron chi connectivity index (χ4n) is 2.64. The lowest BCUT2D eigenvalue weighted by Gasteiger charge is -2.16. The molecular weight excluding hydrogens is 312 g/mol. The second-order valence-electron chi connectivity index (χ2n) is 6.02. The molecule has 0 unspecified atom stereocenters. The highest BCUT2D eigenvalue weighted by Crippen LogP contribution is 2.22. The van der Waals surface area contributed by atoms with Gasteiger partial charge in [-0.15, -0.1) is 0 Å². The van der Waals surface area contributed by atoms with Crippen LogP contribution in [0.4, 0.5) is 0 Å². The fraction of sp³-hybridized carbons (Fsp3) is 0.238. The molecule has 4 heteroatoms. The van der Waals surface area contributed by atoms with E-state index >= 15 is 0 Å². The van der Waals surface area contributed by atoms with Crippen molar-refractivity contribution in [1.82, 2.24) is 9.88 Å². The molecule has 0 radical (unpaired) electrons. The number of nitrogens with zero attached hydrogens (tertiary/aromatic N) is 2. The minimum Gasteiger partial charge on any atom is -0.461 e. The molecule has 0 aliphatic carbocycles. The van der Waals surface area contributed by atoms with E-state index in [4.69, 9.17) is 4.42 Å². The van der Waals surface area contributed by atoms with Gasteiger partial charge in [0.2, 0.25) is 5.91 Å². The summed E-state index contributed by atoms with van der Waals surface area (Å²) in [5, 5.41) is 0. The molecule has 0 aliphatic rings. The number of hydrogen-bond acceptors (Lipinski definition) is 3. The number of aromatic nitrogens is 1. The van der Waals surface area contributed by atoms with Gasteiger partial charge in [0.15, 0.2) is 0 Å². The van der Waals surface area contributed by atoms with Crippen LogP contribution in [0.1, 0.15) is 17.9 Å². The van der Waals surface area contributed by atoms with Crippen LogP contribution in [0.3, 0.4) is 0 Å². The monoisotopic (exact) mass is 334 g/mol. The molecule has 0 N–H and O–H groups in total. The Morgan fingerprint density at radius 1 is 1.00 bits per heavy atom. The third kappa shape index (κ3) is 4.80. The van der Waals surface area contributed by atoms with Gasteiger partial charge in [-0.05, 0) is 24.3 Å². The highest BCUT2D eigenvalue weighted by Gasteiger charge is 2.11. The predicted molar refractivity (Wildman–Crippen MR) is 98.0 cm³/mol. The second kappa shape index (κ2) is 8.29. The van der Waals surface area contributed by atoms with E-state index in [0.29, 0.717) is 19.4 Å².